The zero-order valence-electron chi connectivity index (χ0n) is 10.1. The van der Waals surface area contributed by atoms with Crippen LogP contribution in [0.5, 0.6) is 0 Å². The summed E-state index contributed by atoms with van der Waals surface area (Å²) in [6, 6.07) is 0. The molecule has 0 amide bonds. The highest BCUT2D eigenvalue weighted by Crippen LogP contribution is 2.35. The second-order valence-electron chi connectivity index (χ2n) is 5.04. The van der Waals surface area contributed by atoms with Crippen molar-refractivity contribution >= 4 is 21.7 Å². The van der Waals surface area contributed by atoms with E-state index in [0.29, 0.717) is 18.1 Å². The molecule has 2 unspecified atom stereocenters. The number of allylic oxidation sites excluding steroid dienone is 10. The van der Waals surface area contributed by atoms with Crippen molar-refractivity contribution in [3.8, 4) is 0 Å². The third-order valence-electron chi connectivity index (χ3n) is 3.86. The molecule has 0 aromatic carbocycles. The maximum atomic E-state index is 12.4. The summed E-state index contributed by atoms with van der Waals surface area (Å²) in [5.41, 5.74) is 2.31. The fourth-order valence-corrected chi connectivity index (χ4v) is 3.31. The number of carbonyl (C=O) groups excluding carboxylic acids is 1. The smallest absolute Gasteiger partial charge is 0.160 e. The number of carbonyl (C=O) groups is 1. The average Bonchev–Trinajstić information content (AvgIpc) is 2.36. The molecule has 3 aliphatic carbocycles. The van der Waals surface area contributed by atoms with Crippen LogP contribution >= 0.6 is 15.9 Å². The van der Waals surface area contributed by atoms with Crippen LogP contribution in [0.3, 0.4) is 0 Å². The molecule has 0 saturated heterocycles. The number of ketones is 1. The van der Waals surface area contributed by atoms with Crippen LogP contribution in [0.2, 0.25) is 0 Å². The number of hydrogen-bond acceptors (Lipinski definition) is 1. The highest BCUT2D eigenvalue weighted by Gasteiger charge is 2.27. The molecule has 2 heteroatoms. The van der Waals surface area contributed by atoms with Crippen molar-refractivity contribution in [1.29, 1.82) is 0 Å². The number of fused-ring (bicyclic) bond motifs is 2. The molecule has 0 aliphatic heterocycles. The van der Waals surface area contributed by atoms with E-state index >= 15 is 0 Å². The van der Waals surface area contributed by atoms with Crippen molar-refractivity contribution in [3.63, 3.8) is 0 Å². The second kappa shape index (κ2) is 4.85. The van der Waals surface area contributed by atoms with Crippen LogP contribution in [0, 0.1) is 11.8 Å². The third kappa shape index (κ3) is 2.22. The van der Waals surface area contributed by atoms with Crippen LogP contribution < -0.4 is 0 Å². The monoisotopic (exact) mass is 302 g/mol. The Morgan fingerprint density at radius 1 is 1.22 bits per heavy atom. The Morgan fingerprint density at radius 2 is 2.11 bits per heavy atom. The third-order valence-corrected chi connectivity index (χ3v) is 4.39. The van der Waals surface area contributed by atoms with Crippen molar-refractivity contribution in [2.75, 3.05) is 0 Å². The van der Waals surface area contributed by atoms with Crippen LogP contribution in [0.4, 0.5) is 0 Å². The first-order chi connectivity index (χ1) is 8.74. The number of Topliss-reactive ketones (excluding diaryl/α,β-unsaturated/α-hetero) is 1. The van der Waals surface area contributed by atoms with Gasteiger partial charge in [0.1, 0.15) is 0 Å². The summed E-state index contributed by atoms with van der Waals surface area (Å²) in [6.45, 7) is 0. The van der Waals surface area contributed by atoms with E-state index in [1.807, 2.05) is 12.2 Å². The van der Waals surface area contributed by atoms with Crippen LogP contribution in [0.1, 0.15) is 19.3 Å². The molecule has 92 valence electrons. The van der Waals surface area contributed by atoms with Crippen molar-refractivity contribution < 1.29 is 4.79 Å². The number of hydrogen-bond donors (Lipinski definition) is 0. The van der Waals surface area contributed by atoms with Crippen molar-refractivity contribution in [2.45, 2.75) is 19.3 Å². The van der Waals surface area contributed by atoms with Crippen LogP contribution in [0.15, 0.2) is 58.2 Å². The molecular weight excluding hydrogens is 288 g/mol. The van der Waals surface area contributed by atoms with Gasteiger partial charge in [-0.1, -0.05) is 52.4 Å². The van der Waals surface area contributed by atoms with Crippen LogP contribution in [0.25, 0.3) is 0 Å². The van der Waals surface area contributed by atoms with E-state index in [0.717, 1.165) is 22.9 Å². The van der Waals surface area contributed by atoms with E-state index in [9.17, 15) is 4.79 Å². The number of rotatable bonds is 0. The predicted octanol–water partition coefficient (Wildman–Crippen LogP) is 4.24. The summed E-state index contributed by atoms with van der Waals surface area (Å²) in [5.74, 6) is 0.940. The Bertz CT molecular complexity index is 531. The Morgan fingerprint density at radius 3 is 3.00 bits per heavy atom. The van der Waals surface area contributed by atoms with Gasteiger partial charge in [-0.2, -0.15) is 0 Å². The van der Waals surface area contributed by atoms with Gasteiger partial charge in [-0.25, -0.2) is 0 Å². The van der Waals surface area contributed by atoms with E-state index in [2.05, 4.69) is 46.3 Å². The SMILES string of the molecule is O=C1CC2C=C(Br)C=CC2=CCC2CC=CC=C12. The molecule has 3 aliphatic rings. The molecule has 0 bridgehead atoms. The molecule has 0 radical (unpaired) electrons. The van der Waals surface area contributed by atoms with Crippen LogP contribution in [-0.2, 0) is 4.79 Å². The fraction of sp³-hybridized carbons (Fsp3) is 0.312. The topological polar surface area (TPSA) is 17.1 Å². The van der Waals surface area contributed by atoms with Crippen LogP contribution in [-0.4, -0.2) is 5.78 Å². The molecular formula is C16H15BrO. The minimum Gasteiger partial charge on any atom is -0.295 e. The molecule has 18 heavy (non-hydrogen) atoms. The highest BCUT2D eigenvalue weighted by atomic mass is 79.9. The molecule has 0 aromatic heterocycles. The summed E-state index contributed by atoms with van der Waals surface area (Å²) in [4.78, 5) is 12.4. The number of halogens is 1. The van der Waals surface area contributed by atoms with Crippen molar-refractivity contribution in [2.24, 2.45) is 11.8 Å². The molecule has 0 aromatic rings. The lowest BCUT2D eigenvalue weighted by Crippen LogP contribution is -2.21. The van der Waals surface area contributed by atoms with Gasteiger partial charge in [0.2, 0.25) is 0 Å². The molecule has 2 atom stereocenters. The van der Waals surface area contributed by atoms with Gasteiger partial charge in [0, 0.05) is 16.8 Å². The fourth-order valence-electron chi connectivity index (χ4n) is 2.86. The first kappa shape index (κ1) is 11.9. The lowest BCUT2D eigenvalue weighted by atomic mass is 9.78. The molecule has 0 N–H and O–H groups in total. The Kier molecular flexibility index (Phi) is 3.21. The summed E-state index contributed by atoms with van der Waals surface area (Å²) in [7, 11) is 0. The second-order valence-corrected chi connectivity index (χ2v) is 5.96. The van der Waals surface area contributed by atoms with Gasteiger partial charge in [-0.3, -0.25) is 4.79 Å². The Hall–Kier alpha value is -1.15. The van der Waals surface area contributed by atoms with Gasteiger partial charge in [0.15, 0.2) is 5.78 Å². The quantitative estimate of drug-likeness (QED) is 0.654. The van der Waals surface area contributed by atoms with Gasteiger partial charge < -0.3 is 0 Å². The molecule has 0 spiro atoms. The van der Waals surface area contributed by atoms with E-state index in [4.69, 9.17) is 0 Å². The zero-order chi connectivity index (χ0) is 12.5. The lowest BCUT2D eigenvalue weighted by molar-refractivity contribution is -0.116. The first-order valence-corrected chi connectivity index (χ1v) is 7.18. The molecule has 0 heterocycles. The Labute approximate surface area is 116 Å². The van der Waals surface area contributed by atoms with Gasteiger partial charge >= 0.3 is 0 Å². The minimum atomic E-state index is 0.240. The first-order valence-electron chi connectivity index (χ1n) is 6.39. The molecule has 0 saturated carbocycles. The van der Waals surface area contributed by atoms with E-state index in [1.54, 1.807) is 0 Å². The largest absolute Gasteiger partial charge is 0.295 e. The molecule has 3 rings (SSSR count). The average molecular weight is 303 g/mol. The lowest BCUT2D eigenvalue weighted by Gasteiger charge is -2.26. The Balaban J connectivity index is 1.96. The minimum absolute atomic E-state index is 0.240. The maximum Gasteiger partial charge on any atom is 0.160 e. The summed E-state index contributed by atoms with van der Waals surface area (Å²) >= 11 is 3.49. The normalized spacial score (nSPS) is 30.5. The van der Waals surface area contributed by atoms with Gasteiger partial charge in [0.05, 0.1) is 0 Å². The maximum absolute atomic E-state index is 12.4. The van der Waals surface area contributed by atoms with Gasteiger partial charge in [-0.15, -0.1) is 0 Å². The summed E-state index contributed by atoms with van der Waals surface area (Å²) < 4.78 is 1.08. The standard InChI is InChI=1S/C16H15BrO/c17-14-8-7-11-5-6-12-3-1-2-4-15(12)16(18)10-13(11)9-14/h1-2,4-5,7-9,12-13H,3,6,10H2. The van der Waals surface area contributed by atoms with Gasteiger partial charge in [0.25, 0.3) is 0 Å². The summed E-state index contributed by atoms with van der Waals surface area (Å²) in [5, 5.41) is 0. The predicted molar refractivity (Wildman–Crippen MR) is 77.3 cm³/mol. The van der Waals surface area contributed by atoms with Crippen molar-refractivity contribution in [1.82, 2.24) is 0 Å². The van der Waals surface area contributed by atoms with Gasteiger partial charge in [-0.05, 0) is 36.0 Å². The highest BCUT2D eigenvalue weighted by molar-refractivity contribution is 9.11. The van der Waals surface area contributed by atoms with E-state index in [1.165, 1.54) is 5.57 Å². The zero-order valence-corrected chi connectivity index (χ0v) is 11.7. The molecule has 1 nitrogen and oxygen atoms in total. The summed E-state index contributed by atoms with van der Waals surface area (Å²) in [6.07, 6.45) is 17.4. The van der Waals surface area contributed by atoms with E-state index < -0.39 is 0 Å². The molecule has 0 fully saturated rings. The van der Waals surface area contributed by atoms with Crippen molar-refractivity contribution in [3.05, 3.63) is 58.2 Å². The van der Waals surface area contributed by atoms with E-state index in [-0.39, 0.29) is 5.92 Å².